The highest BCUT2D eigenvalue weighted by atomic mass is 16.5. The van der Waals surface area contributed by atoms with Gasteiger partial charge in [-0.2, -0.15) is 0 Å². The molecule has 0 aliphatic carbocycles. The Morgan fingerprint density at radius 3 is 2.78 bits per heavy atom. The highest BCUT2D eigenvalue weighted by Gasteiger charge is 2.17. The number of nitrogens with one attached hydrogen (secondary N) is 1. The lowest BCUT2D eigenvalue weighted by molar-refractivity contribution is -0.123. The minimum absolute atomic E-state index is 0.111. The Kier molecular flexibility index (Phi) is 7.28. The molecule has 1 amide bonds. The van der Waals surface area contributed by atoms with Gasteiger partial charge in [-0.05, 0) is 44.1 Å². The lowest BCUT2D eigenvalue weighted by atomic mass is 9.94. The Morgan fingerprint density at radius 2 is 2.22 bits per heavy atom. The molecule has 0 aromatic rings. The van der Waals surface area contributed by atoms with Crippen molar-refractivity contribution in [1.29, 1.82) is 0 Å². The molecule has 106 valence electrons. The maximum absolute atomic E-state index is 11.8. The Morgan fingerprint density at radius 1 is 1.44 bits per heavy atom. The summed E-state index contributed by atoms with van der Waals surface area (Å²) in [7, 11) is 0. The molecule has 18 heavy (non-hydrogen) atoms. The van der Waals surface area contributed by atoms with Gasteiger partial charge >= 0.3 is 0 Å². The van der Waals surface area contributed by atoms with Gasteiger partial charge in [0, 0.05) is 19.6 Å². The molecule has 0 aromatic heterocycles. The van der Waals surface area contributed by atoms with Gasteiger partial charge in [-0.1, -0.05) is 13.8 Å². The zero-order chi connectivity index (χ0) is 13.4. The van der Waals surface area contributed by atoms with E-state index in [1.165, 1.54) is 6.42 Å². The van der Waals surface area contributed by atoms with Crippen molar-refractivity contribution in [2.75, 3.05) is 19.7 Å². The van der Waals surface area contributed by atoms with E-state index in [1.807, 2.05) is 0 Å². The first-order valence-corrected chi connectivity index (χ1v) is 7.20. The molecular formula is C14H28N2O2. The van der Waals surface area contributed by atoms with Crippen LogP contribution in [0.1, 0.15) is 46.0 Å². The Balaban J connectivity index is 2.18. The van der Waals surface area contributed by atoms with Gasteiger partial charge in [0.05, 0.1) is 6.10 Å². The predicted molar refractivity (Wildman–Crippen MR) is 73.2 cm³/mol. The average Bonchev–Trinajstić information content (AvgIpc) is 2.36. The molecule has 0 spiro atoms. The van der Waals surface area contributed by atoms with E-state index < -0.39 is 0 Å². The number of hydrogen-bond donors (Lipinski definition) is 2. The fourth-order valence-electron chi connectivity index (χ4n) is 2.46. The van der Waals surface area contributed by atoms with Gasteiger partial charge in [-0.15, -0.1) is 0 Å². The summed E-state index contributed by atoms with van der Waals surface area (Å²) in [4.78, 5) is 11.8. The second-order valence-corrected chi connectivity index (χ2v) is 5.73. The van der Waals surface area contributed by atoms with E-state index in [4.69, 9.17) is 10.5 Å². The highest BCUT2D eigenvalue weighted by molar-refractivity contribution is 5.76. The molecule has 1 rings (SSSR count). The molecule has 1 aliphatic rings. The molecule has 0 saturated carbocycles. The van der Waals surface area contributed by atoms with E-state index in [9.17, 15) is 4.79 Å². The monoisotopic (exact) mass is 256 g/mol. The fourth-order valence-corrected chi connectivity index (χ4v) is 2.46. The van der Waals surface area contributed by atoms with Gasteiger partial charge in [-0.25, -0.2) is 0 Å². The minimum Gasteiger partial charge on any atom is -0.376 e. The smallest absolute Gasteiger partial charge is 0.220 e. The molecule has 1 fully saturated rings. The molecule has 2 atom stereocenters. The molecule has 0 bridgehead atoms. The maximum Gasteiger partial charge on any atom is 0.220 e. The summed E-state index contributed by atoms with van der Waals surface area (Å²) in [6.07, 6.45) is 5.19. The van der Waals surface area contributed by atoms with E-state index >= 15 is 0 Å². The molecule has 4 nitrogen and oxygen atoms in total. The topological polar surface area (TPSA) is 64.4 Å². The number of ether oxygens (including phenoxy) is 1. The number of carbonyl (C=O) groups is 1. The van der Waals surface area contributed by atoms with Crippen LogP contribution in [0.15, 0.2) is 0 Å². The van der Waals surface area contributed by atoms with Crippen LogP contribution in [0.5, 0.6) is 0 Å². The quantitative estimate of drug-likeness (QED) is 0.728. The summed E-state index contributed by atoms with van der Waals surface area (Å²) in [6.45, 7) is 6.40. The van der Waals surface area contributed by atoms with Crippen LogP contribution in [0.4, 0.5) is 0 Å². The second kappa shape index (κ2) is 8.48. The van der Waals surface area contributed by atoms with E-state index in [-0.39, 0.29) is 12.0 Å². The molecule has 1 aliphatic heterocycles. The van der Waals surface area contributed by atoms with E-state index in [2.05, 4.69) is 19.2 Å². The maximum atomic E-state index is 11.8. The van der Waals surface area contributed by atoms with E-state index in [1.54, 1.807) is 0 Å². The minimum atomic E-state index is 0.111. The van der Waals surface area contributed by atoms with Gasteiger partial charge < -0.3 is 15.8 Å². The zero-order valence-electron chi connectivity index (χ0n) is 11.8. The van der Waals surface area contributed by atoms with Crippen molar-refractivity contribution < 1.29 is 9.53 Å². The third-order valence-electron chi connectivity index (χ3n) is 3.41. The summed E-state index contributed by atoms with van der Waals surface area (Å²) >= 11 is 0. The number of amides is 1. The van der Waals surface area contributed by atoms with Crippen molar-refractivity contribution in [2.45, 2.75) is 52.1 Å². The summed E-state index contributed by atoms with van der Waals surface area (Å²) in [5, 5.41) is 2.97. The number of carbonyl (C=O) groups excluding carboxylic acids is 1. The Hall–Kier alpha value is -0.610. The van der Waals surface area contributed by atoms with Gasteiger partial charge in [0.2, 0.25) is 5.91 Å². The molecule has 0 radical (unpaired) electrons. The number of rotatable bonds is 7. The molecule has 2 unspecified atom stereocenters. The second-order valence-electron chi connectivity index (χ2n) is 5.73. The molecule has 1 heterocycles. The van der Waals surface area contributed by atoms with Crippen LogP contribution in [-0.2, 0) is 9.53 Å². The molecule has 1 saturated heterocycles. The van der Waals surface area contributed by atoms with Crippen LogP contribution in [0.25, 0.3) is 0 Å². The van der Waals surface area contributed by atoms with Crippen LogP contribution in [0.3, 0.4) is 0 Å². The van der Waals surface area contributed by atoms with Gasteiger partial charge in [0.15, 0.2) is 0 Å². The van der Waals surface area contributed by atoms with Gasteiger partial charge in [0.1, 0.15) is 0 Å². The summed E-state index contributed by atoms with van der Waals surface area (Å²) in [6, 6.07) is 0. The van der Waals surface area contributed by atoms with Crippen LogP contribution in [0.2, 0.25) is 0 Å². The lowest BCUT2D eigenvalue weighted by Crippen LogP contribution is -2.36. The van der Waals surface area contributed by atoms with Crippen molar-refractivity contribution >= 4 is 5.91 Å². The van der Waals surface area contributed by atoms with Crippen LogP contribution in [-0.4, -0.2) is 31.7 Å². The van der Waals surface area contributed by atoms with Crippen molar-refractivity contribution in [2.24, 2.45) is 17.6 Å². The fraction of sp³-hybridized carbons (Fsp3) is 0.929. The zero-order valence-corrected chi connectivity index (χ0v) is 11.8. The summed E-state index contributed by atoms with van der Waals surface area (Å²) in [5.74, 6) is 1.01. The van der Waals surface area contributed by atoms with Gasteiger partial charge in [-0.3, -0.25) is 4.79 Å². The van der Waals surface area contributed by atoms with Crippen molar-refractivity contribution in [1.82, 2.24) is 5.32 Å². The van der Waals surface area contributed by atoms with Crippen LogP contribution in [0, 0.1) is 11.8 Å². The Labute approximate surface area is 111 Å². The van der Waals surface area contributed by atoms with Gasteiger partial charge in [0.25, 0.3) is 0 Å². The standard InChI is InChI=1S/C14H28N2O2/c1-11(2)7-12(9-15)8-14(17)16-10-13-5-3-4-6-18-13/h11-13H,3-10,15H2,1-2H3,(H,16,17). The molecule has 3 N–H and O–H groups in total. The van der Waals surface area contributed by atoms with E-state index in [0.29, 0.717) is 31.3 Å². The normalized spacial score (nSPS) is 21.9. The first-order chi connectivity index (χ1) is 8.61. The largest absolute Gasteiger partial charge is 0.376 e. The molecule has 4 heteroatoms. The first-order valence-electron chi connectivity index (χ1n) is 7.20. The summed E-state index contributed by atoms with van der Waals surface area (Å²) < 4.78 is 5.58. The highest BCUT2D eigenvalue weighted by Crippen LogP contribution is 2.15. The average molecular weight is 256 g/mol. The molecule has 0 aromatic carbocycles. The Bertz CT molecular complexity index is 238. The predicted octanol–water partition coefficient (Wildman–Crippen LogP) is 1.68. The van der Waals surface area contributed by atoms with Crippen LogP contribution < -0.4 is 11.1 Å². The van der Waals surface area contributed by atoms with Crippen molar-refractivity contribution in [3.63, 3.8) is 0 Å². The number of hydrogen-bond acceptors (Lipinski definition) is 3. The molecular weight excluding hydrogens is 228 g/mol. The van der Waals surface area contributed by atoms with Crippen molar-refractivity contribution in [3.05, 3.63) is 0 Å². The first kappa shape index (κ1) is 15.4. The van der Waals surface area contributed by atoms with Crippen molar-refractivity contribution in [3.8, 4) is 0 Å². The number of nitrogens with two attached hydrogens (primary N) is 1. The SMILES string of the molecule is CC(C)CC(CN)CC(=O)NCC1CCCCO1. The lowest BCUT2D eigenvalue weighted by Gasteiger charge is -2.23. The third kappa shape index (κ3) is 6.36. The third-order valence-corrected chi connectivity index (χ3v) is 3.41. The van der Waals surface area contributed by atoms with E-state index in [0.717, 1.165) is 25.9 Å². The van der Waals surface area contributed by atoms with Crippen LogP contribution >= 0.6 is 0 Å². The summed E-state index contributed by atoms with van der Waals surface area (Å²) in [5.41, 5.74) is 5.70.